The molecule has 2 fully saturated rings. The van der Waals surface area contributed by atoms with E-state index in [-0.39, 0.29) is 5.54 Å². The van der Waals surface area contributed by atoms with Gasteiger partial charge in [0.1, 0.15) is 0 Å². The van der Waals surface area contributed by atoms with Crippen molar-refractivity contribution in [3.05, 3.63) is 0 Å². The fourth-order valence-corrected chi connectivity index (χ4v) is 3.29. The van der Waals surface area contributed by atoms with E-state index in [0.717, 1.165) is 13.1 Å². The molecule has 0 unspecified atom stereocenters. The molecule has 2 aliphatic rings. The monoisotopic (exact) mass is 267 g/mol. The summed E-state index contributed by atoms with van der Waals surface area (Å²) in [6, 6.07) is 0.498. The molecule has 110 valence electrons. The van der Waals surface area contributed by atoms with Crippen molar-refractivity contribution in [2.45, 2.75) is 64.0 Å². The number of amides is 1. The molecule has 1 aliphatic carbocycles. The standard InChI is InChI=1S/C15H29N3O/c1-15(2,12-16)17-9-10-18(14(19)11-17)13-7-5-3-4-6-8-13/h13H,3-12,16H2,1-2H3. The summed E-state index contributed by atoms with van der Waals surface area (Å²) in [7, 11) is 0. The van der Waals surface area contributed by atoms with Gasteiger partial charge in [-0.25, -0.2) is 0 Å². The summed E-state index contributed by atoms with van der Waals surface area (Å²) >= 11 is 0. The van der Waals surface area contributed by atoms with Crippen LogP contribution in [0.5, 0.6) is 0 Å². The highest BCUT2D eigenvalue weighted by atomic mass is 16.2. The van der Waals surface area contributed by atoms with E-state index in [9.17, 15) is 4.79 Å². The van der Waals surface area contributed by atoms with Crippen LogP contribution in [0, 0.1) is 0 Å². The summed E-state index contributed by atoms with van der Waals surface area (Å²) in [6.45, 7) is 7.24. The van der Waals surface area contributed by atoms with Gasteiger partial charge in [0.2, 0.25) is 5.91 Å². The summed E-state index contributed by atoms with van der Waals surface area (Å²) in [5, 5.41) is 0. The Morgan fingerprint density at radius 3 is 2.32 bits per heavy atom. The summed E-state index contributed by atoms with van der Waals surface area (Å²) in [6.07, 6.45) is 7.65. The van der Waals surface area contributed by atoms with E-state index >= 15 is 0 Å². The van der Waals surface area contributed by atoms with Gasteiger partial charge in [-0.15, -0.1) is 0 Å². The second-order valence-electron chi connectivity index (χ2n) is 6.67. The number of rotatable bonds is 3. The fourth-order valence-electron chi connectivity index (χ4n) is 3.29. The summed E-state index contributed by atoms with van der Waals surface area (Å²) < 4.78 is 0. The van der Waals surface area contributed by atoms with Crippen molar-refractivity contribution in [3.63, 3.8) is 0 Å². The predicted molar refractivity (Wildman–Crippen MR) is 77.9 cm³/mol. The van der Waals surface area contributed by atoms with Gasteiger partial charge in [-0.1, -0.05) is 25.7 Å². The van der Waals surface area contributed by atoms with Gasteiger partial charge in [0.05, 0.1) is 6.54 Å². The molecule has 2 rings (SSSR count). The van der Waals surface area contributed by atoms with Crippen LogP contribution >= 0.6 is 0 Å². The third-order valence-corrected chi connectivity index (χ3v) is 4.88. The molecule has 1 saturated carbocycles. The minimum absolute atomic E-state index is 0.0643. The number of piperazine rings is 1. The summed E-state index contributed by atoms with van der Waals surface area (Å²) in [4.78, 5) is 16.8. The lowest BCUT2D eigenvalue weighted by Crippen LogP contribution is -2.61. The van der Waals surface area contributed by atoms with E-state index < -0.39 is 0 Å². The average Bonchev–Trinajstić information content (AvgIpc) is 2.67. The first kappa shape index (κ1) is 14.8. The lowest BCUT2D eigenvalue weighted by atomic mass is 10.0. The first-order chi connectivity index (χ1) is 9.04. The normalized spacial score (nSPS) is 24.6. The maximum absolute atomic E-state index is 12.4. The number of hydrogen-bond donors (Lipinski definition) is 1. The van der Waals surface area contributed by atoms with Crippen molar-refractivity contribution in [1.29, 1.82) is 0 Å². The Balaban J connectivity index is 1.94. The number of hydrogen-bond acceptors (Lipinski definition) is 3. The molecule has 1 amide bonds. The van der Waals surface area contributed by atoms with Crippen molar-refractivity contribution < 1.29 is 4.79 Å². The molecule has 19 heavy (non-hydrogen) atoms. The molecule has 0 aromatic carbocycles. The van der Waals surface area contributed by atoms with Crippen LogP contribution in [0.3, 0.4) is 0 Å². The minimum atomic E-state index is -0.0643. The van der Waals surface area contributed by atoms with E-state index in [1.165, 1.54) is 38.5 Å². The zero-order valence-corrected chi connectivity index (χ0v) is 12.5. The maximum atomic E-state index is 12.4. The molecule has 1 heterocycles. The Morgan fingerprint density at radius 2 is 1.79 bits per heavy atom. The zero-order valence-electron chi connectivity index (χ0n) is 12.5. The Labute approximate surface area is 117 Å². The van der Waals surface area contributed by atoms with Crippen molar-refractivity contribution in [3.8, 4) is 0 Å². The molecule has 4 heteroatoms. The van der Waals surface area contributed by atoms with Crippen LogP contribution in [0.1, 0.15) is 52.4 Å². The molecule has 1 saturated heterocycles. The summed E-state index contributed by atoms with van der Waals surface area (Å²) in [5.41, 5.74) is 5.75. The molecule has 1 aliphatic heterocycles. The second kappa shape index (κ2) is 6.23. The quantitative estimate of drug-likeness (QED) is 0.790. The lowest BCUT2D eigenvalue weighted by Gasteiger charge is -2.45. The SMILES string of the molecule is CC(C)(CN)N1CCN(C2CCCCCC2)C(=O)C1. The molecule has 0 atom stereocenters. The van der Waals surface area contributed by atoms with E-state index in [1.807, 2.05) is 0 Å². The Morgan fingerprint density at radius 1 is 1.16 bits per heavy atom. The second-order valence-corrected chi connectivity index (χ2v) is 6.67. The highest BCUT2D eigenvalue weighted by Crippen LogP contribution is 2.25. The lowest BCUT2D eigenvalue weighted by molar-refractivity contribution is -0.141. The van der Waals surface area contributed by atoms with Crippen LogP contribution < -0.4 is 5.73 Å². The number of nitrogens with zero attached hydrogens (tertiary/aromatic N) is 2. The predicted octanol–water partition coefficient (Wildman–Crippen LogP) is 1.59. The van der Waals surface area contributed by atoms with Crippen molar-refractivity contribution >= 4 is 5.91 Å². The van der Waals surface area contributed by atoms with E-state index in [0.29, 0.717) is 25.0 Å². The van der Waals surface area contributed by atoms with Crippen LogP contribution in [0.15, 0.2) is 0 Å². The van der Waals surface area contributed by atoms with Gasteiger partial charge in [0, 0.05) is 31.2 Å². The Kier molecular flexibility index (Phi) is 4.85. The molecule has 0 radical (unpaired) electrons. The van der Waals surface area contributed by atoms with Gasteiger partial charge in [-0.05, 0) is 26.7 Å². The Bertz CT molecular complexity index is 309. The van der Waals surface area contributed by atoms with Crippen LogP contribution in [0.4, 0.5) is 0 Å². The van der Waals surface area contributed by atoms with Crippen LogP contribution in [0.25, 0.3) is 0 Å². The molecule has 0 bridgehead atoms. The molecular weight excluding hydrogens is 238 g/mol. The molecule has 0 aromatic heterocycles. The summed E-state index contributed by atoms with van der Waals surface area (Å²) in [5.74, 6) is 0.305. The van der Waals surface area contributed by atoms with Crippen molar-refractivity contribution in [2.24, 2.45) is 5.73 Å². The smallest absolute Gasteiger partial charge is 0.237 e. The fraction of sp³-hybridized carbons (Fsp3) is 0.933. The van der Waals surface area contributed by atoms with Gasteiger partial charge in [-0.2, -0.15) is 0 Å². The van der Waals surface area contributed by atoms with Crippen LogP contribution in [-0.2, 0) is 4.79 Å². The highest BCUT2D eigenvalue weighted by molar-refractivity contribution is 5.79. The van der Waals surface area contributed by atoms with E-state index in [2.05, 4.69) is 23.6 Å². The van der Waals surface area contributed by atoms with Crippen LogP contribution in [-0.4, -0.2) is 53.5 Å². The molecule has 4 nitrogen and oxygen atoms in total. The number of carbonyl (C=O) groups is 1. The van der Waals surface area contributed by atoms with Crippen molar-refractivity contribution in [1.82, 2.24) is 9.80 Å². The molecule has 0 spiro atoms. The maximum Gasteiger partial charge on any atom is 0.237 e. The minimum Gasteiger partial charge on any atom is -0.337 e. The molecular formula is C15H29N3O. The number of nitrogens with two attached hydrogens (primary N) is 1. The Hall–Kier alpha value is -0.610. The molecule has 0 aromatic rings. The van der Waals surface area contributed by atoms with Gasteiger partial charge in [-0.3, -0.25) is 9.69 Å². The van der Waals surface area contributed by atoms with Gasteiger partial charge >= 0.3 is 0 Å². The van der Waals surface area contributed by atoms with E-state index in [1.54, 1.807) is 0 Å². The first-order valence-electron chi connectivity index (χ1n) is 7.79. The largest absolute Gasteiger partial charge is 0.337 e. The number of carbonyl (C=O) groups excluding carboxylic acids is 1. The van der Waals surface area contributed by atoms with Gasteiger partial charge < -0.3 is 10.6 Å². The third kappa shape index (κ3) is 3.48. The highest BCUT2D eigenvalue weighted by Gasteiger charge is 2.35. The topological polar surface area (TPSA) is 49.6 Å². The van der Waals surface area contributed by atoms with Gasteiger partial charge in [0.15, 0.2) is 0 Å². The zero-order chi connectivity index (χ0) is 13.9. The van der Waals surface area contributed by atoms with E-state index in [4.69, 9.17) is 5.73 Å². The first-order valence-corrected chi connectivity index (χ1v) is 7.79. The average molecular weight is 267 g/mol. The van der Waals surface area contributed by atoms with Crippen LogP contribution in [0.2, 0.25) is 0 Å². The van der Waals surface area contributed by atoms with Crippen molar-refractivity contribution in [2.75, 3.05) is 26.2 Å². The third-order valence-electron chi connectivity index (χ3n) is 4.88. The molecule has 2 N–H and O–H groups in total. The van der Waals surface area contributed by atoms with Gasteiger partial charge in [0.25, 0.3) is 0 Å².